The number of ether oxygens (including phenoxy) is 1. The number of nitrogens with zero attached hydrogens (tertiary/aromatic N) is 6. The molecule has 0 saturated carbocycles. The third kappa shape index (κ3) is 5.78. The molecule has 0 amide bonds. The molecule has 2 aromatic heterocycles. The minimum atomic E-state index is 0. The molecule has 31 heavy (non-hydrogen) atoms. The molecule has 0 atom stereocenters. The normalized spacial score (nSPS) is 11.2. The van der Waals surface area contributed by atoms with Crippen LogP contribution < -0.4 is 10.1 Å². The number of aliphatic imine (C=N–C) groups is 1. The van der Waals surface area contributed by atoms with Crippen molar-refractivity contribution in [2.75, 3.05) is 20.7 Å². The lowest BCUT2D eigenvalue weighted by molar-refractivity contribution is 0.414. The Morgan fingerprint density at radius 2 is 1.94 bits per heavy atom. The van der Waals surface area contributed by atoms with E-state index >= 15 is 0 Å². The summed E-state index contributed by atoms with van der Waals surface area (Å²) in [7, 11) is 5.66. The van der Waals surface area contributed by atoms with E-state index in [1.165, 1.54) is 17.0 Å². The molecule has 0 unspecified atom stereocenters. The van der Waals surface area contributed by atoms with E-state index in [2.05, 4.69) is 71.0 Å². The van der Waals surface area contributed by atoms with Crippen molar-refractivity contribution in [3.8, 4) is 11.4 Å². The number of rotatable bonds is 7. The van der Waals surface area contributed by atoms with Crippen molar-refractivity contribution in [3.05, 3.63) is 59.4 Å². The first kappa shape index (κ1) is 24.7. The topological polar surface area (TPSA) is 72.5 Å². The Bertz CT molecular complexity index is 1010. The van der Waals surface area contributed by atoms with Crippen LogP contribution in [0.2, 0.25) is 0 Å². The van der Waals surface area contributed by atoms with Gasteiger partial charge in [0, 0.05) is 44.3 Å². The maximum absolute atomic E-state index is 5.28. The molecule has 3 aromatic rings. The van der Waals surface area contributed by atoms with E-state index in [1.54, 1.807) is 13.4 Å². The summed E-state index contributed by atoms with van der Waals surface area (Å²) >= 11 is 0. The average Bonchev–Trinajstić information content (AvgIpc) is 3.27. The van der Waals surface area contributed by atoms with Crippen LogP contribution in [-0.2, 0) is 20.1 Å². The number of halogens is 1. The number of aryl methyl sites for hydroxylation is 2. The van der Waals surface area contributed by atoms with Gasteiger partial charge >= 0.3 is 0 Å². The molecule has 0 spiro atoms. The van der Waals surface area contributed by atoms with Crippen LogP contribution in [0, 0.1) is 13.8 Å². The Morgan fingerprint density at radius 3 is 2.52 bits per heavy atom. The number of guanidine groups is 1. The van der Waals surface area contributed by atoms with E-state index in [-0.39, 0.29) is 24.0 Å². The van der Waals surface area contributed by atoms with E-state index in [0.29, 0.717) is 6.54 Å². The third-order valence-electron chi connectivity index (χ3n) is 5.15. The number of benzene rings is 1. The second kappa shape index (κ2) is 11.2. The van der Waals surface area contributed by atoms with E-state index in [4.69, 9.17) is 9.73 Å². The largest absolute Gasteiger partial charge is 0.497 e. The molecule has 3 rings (SSSR count). The minimum absolute atomic E-state index is 0. The predicted molar refractivity (Wildman–Crippen MR) is 134 cm³/mol. The zero-order valence-corrected chi connectivity index (χ0v) is 21.4. The van der Waals surface area contributed by atoms with Crippen molar-refractivity contribution in [1.82, 2.24) is 29.5 Å². The fourth-order valence-electron chi connectivity index (χ4n) is 3.51. The van der Waals surface area contributed by atoms with Gasteiger partial charge < -0.3 is 24.1 Å². The zero-order chi connectivity index (χ0) is 21.7. The van der Waals surface area contributed by atoms with Crippen molar-refractivity contribution >= 4 is 29.9 Å². The quantitative estimate of drug-likeness (QED) is 0.284. The third-order valence-corrected chi connectivity index (χ3v) is 5.15. The summed E-state index contributed by atoms with van der Waals surface area (Å²) in [6.07, 6.45) is 1.69. The van der Waals surface area contributed by atoms with Crippen molar-refractivity contribution in [1.29, 1.82) is 0 Å². The minimum Gasteiger partial charge on any atom is -0.497 e. The van der Waals surface area contributed by atoms with Gasteiger partial charge in [0.05, 0.1) is 7.11 Å². The number of hydrogen-bond donors (Lipinski definition) is 1. The first-order valence-corrected chi connectivity index (χ1v) is 10.1. The SMILES string of the molecule is CCNC(=NCc1nncn1C)N(C)Cc1cc(C)n(-c2ccc(OC)cc2)c1C.I. The summed E-state index contributed by atoms with van der Waals surface area (Å²) in [5.41, 5.74) is 4.80. The van der Waals surface area contributed by atoms with Gasteiger partial charge in [0.1, 0.15) is 18.6 Å². The molecule has 0 aliphatic rings. The van der Waals surface area contributed by atoms with Gasteiger partial charge in [-0.15, -0.1) is 34.2 Å². The molecule has 0 aliphatic carbocycles. The molecule has 0 bridgehead atoms. The Kier molecular flexibility index (Phi) is 8.90. The van der Waals surface area contributed by atoms with Gasteiger partial charge in [-0.25, -0.2) is 4.99 Å². The fourth-order valence-corrected chi connectivity index (χ4v) is 3.51. The summed E-state index contributed by atoms with van der Waals surface area (Å²) in [5, 5.41) is 11.4. The van der Waals surface area contributed by atoms with Crippen LogP contribution in [0.15, 0.2) is 41.7 Å². The van der Waals surface area contributed by atoms with Crippen molar-refractivity contribution in [3.63, 3.8) is 0 Å². The Balaban J connectivity index is 0.00000341. The molecule has 1 aromatic carbocycles. The second-order valence-corrected chi connectivity index (χ2v) is 7.31. The Hall–Kier alpha value is -2.56. The van der Waals surface area contributed by atoms with Gasteiger partial charge in [0.15, 0.2) is 11.8 Å². The monoisotopic (exact) mass is 537 g/mol. The van der Waals surface area contributed by atoms with Crippen LogP contribution in [0.5, 0.6) is 5.75 Å². The molecule has 0 aliphatic heterocycles. The first-order chi connectivity index (χ1) is 14.4. The highest BCUT2D eigenvalue weighted by Gasteiger charge is 2.14. The van der Waals surface area contributed by atoms with Crippen molar-refractivity contribution in [2.45, 2.75) is 33.9 Å². The van der Waals surface area contributed by atoms with Gasteiger partial charge in [-0.05, 0) is 56.7 Å². The molecule has 1 N–H and O–H groups in total. The summed E-state index contributed by atoms with van der Waals surface area (Å²) in [6, 6.07) is 10.4. The van der Waals surface area contributed by atoms with Crippen LogP contribution in [-0.4, -0.2) is 50.9 Å². The molecule has 168 valence electrons. The molecule has 8 nitrogen and oxygen atoms in total. The molecule has 0 radical (unpaired) electrons. The highest BCUT2D eigenvalue weighted by molar-refractivity contribution is 14.0. The predicted octanol–water partition coefficient (Wildman–Crippen LogP) is 3.45. The molecule has 9 heteroatoms. The highest BCUT2D eigenvalue weighted by atomic mass is 127. The van der Waals surface area contributed by atoms with Crippen LogP contribution in [0.25, 0.3) is 5.69 Å². The van der Waals surface area contributed by atoms with Gasteiger partial charge in [0.25, 0.3) is 0 Å². The van der Waals surface area contributed by atoms with Crippen LogP contribution in [0.3, 0.4) is 0 Å². The number of aromatic nitrogens is 4. The molecule has 0 fully saturated rings. The van der Waals surface area contributed by atoms with Gasteiger partial charge in [-0.1, -0.05) is 0 Å². The van der Waals surface area contributed by atoms with Crippen LogP contribution >= 0.6 is 24.0 Å². The zero-order valence-electron chi connectivity index (χ0n) is 19.1. The lowest BCUT2D eigenvalue weighted by atomic mass is 10.2. The van der Waals surface area contributed by atoms with Crippen LogP contribution in [0.4, 0.5) is 0 Å². The van der Waals surface area contributed by atoms with E-state index < -0.39 is 0 Å². The summed E-state index contributed by atoms with van der Waals surface area (Å²) in [6.45, 7) is 8.39. The molecule has 2 heterocycles. The van der Waals surface area contributed by atoms with E-state index in [1.807, 2.05) is 23.7 Å². The average molecular weight is 537 g/mol. The van der Waals surface area contributed by atoms with Gasteiger partial charge in [-0.3, -0.25) is 0 Å². The maximum Gasteiger partial charge on any atom is 0.194 e. The highest BCUT2D eigenvalue weighted by Crippen LogP contribution is 2.23. The number of hydrogen-bond acceptors (Lipinski definition) is 4. The number of nitrogens with one attached hydrogen (secondary N) is 1. The van der Waals surface area contributed by atoms with Gasteiger partial charge in [0.2, 0.25) is 0 Å². The Morgan fingerprint density at radius 1 is 1.23 bits per heavy atom. The van der Waals surface area contributed by atoms with Gasteiger partial charge in [-0.2, -0.15) is 0 Å². The van der Waals surface area contributed by atoms with Crippen molar-refractivity contribution < 1.29 is 4.74 Å². The summed E-state index contributed by atoms with van der Waals surface area (Å²) in [5.74, 6) is 2.53. The lowest BCUT2D eigenvalue weighted by Crippen LogP contribution is -2.38. The molecular weight excluding hydrogens is 505 g/mol. The standard InChI is InChI=1S/C22H31N7O.HI/c1-7-23-22(24-13-21-26-25-15-28(21)5)27(4)14-18-12-16(2)29(17(18)3)19-8-10-20(30-6)11-9-19;/h8-12,15H,7,13-14H2,1-6H3,(H,23,24);1H. The smallest absolute Gasteiger partial charge is 0.194 e. The molecular formula is C22H32IN7O. The maximum atomic E-state index is 5.28. The van der Waals surface area contributed by atoms with Crippen molar-refractivity contribution in [2.24, 2.45) is 12.0 Å². The Labute approximate surface area is 201 Å². The first-order valence-electron chi connectivity index (χ1n) is 10.1. The summed E-state index contributed by atoms with van der Waals surface area (Å²) in [4.78, 5) is 6.88. The van der Waals surface area contributed by atoms with E-state index in [0.717, 1.165) is 36.3 Å². The number of methoxy groups -OCH3 is 1. The summed E-state index contributed by atoms with van der Waals surface area (Å²) < 4.78 is 9.44. The molecule has 0 saturated heterocycles. The lowest BCUT2D eigenvalue weighted by Gasteiger charge is -2.22. The second-order valence-electron chi connectivity index (χ2n) is 7.31. The van der Waals surface area contributed by atoms with Crippen LogP contribution in [0.1, 0.15) is 29.7 Å². The van der Waals surface area contributed by atoms with E-state index in [9.17, 15) is 0 Å². The fraction of sp³-hybridized carbons (Fsp3) is 0.409.